The van der Waals surface area contributed by atoms with E-state index in [0.29, 0.717) is 24.2 Å². The highest BCUT2D eigenvalue weighted by molar-refractivity contribution is 5.86. The second-order valence-electron chi connectivity index (χ2n) is 7.82. The van der Waals surface area contributed by atoms with Gasteiger partial charge in [0.25, 0.3) is 0 Å². The first-order valence-electron chi connectivity index (χ1n) is 9.75. The minimum absolute atomic E-state index is 0.184. The Kier molecular flexibility index (Phi) is 5.09. The monoisotopic (exact) mass is 370 g/mol. The number of fused-ring (bicyclic) bond motifs is 2. The molecule has 1 saturated carbocycles. The average molecular weight is 370 g/mol. The normalized spacial score (nSPS) is 29.0. The summed E-state index contributed by atoms with van der Waals surface area (Å²) in [5.74, 6) is 1.77. The van der Waals surface area contributed by atoms with Crippen LogP contribution < -0.4 is 10.2 Å². The van der Waals surface area contributed by atoms with E-state index in [2.05, 4.69) is 37.1 Å². The third-order valence-electron chi connectivity index (χ3n) is 6.08. The molecule has 4 rings (SSSR count). The van der Waals surface area contributed by atoms with Crippen LogP contribution in [0.5, 0.6) is 0 Å². The molecule has 2 unspecified atom stereocenters. The van der Waals surface area contributed by atoms with Crippen molar-refractivity contribution in [3.8, 4) is 0 Å². The lowest BCUT2D eigenvalue weighted by molar-refractivity contribution is -0.123. The number of carbonyl (C=O) groups excluding carboxylic acids is 2. The van der Waals surface area contributed by atoms with Crippen molar-refractivity contribution in [2.24, 2.45) is 17.8 Å². The van der Waals surface area contributed by atoms with Crippen molar-refractivity contribution in [2.45, 2.75) is 38.1 Å². The molecule has 2 bridgehead atoms. The average Bonchev–Trinajstić information content (AvgIpc) is 3.26. The van der Waals surface area contributed by atoms with Crippen molar-refractivity contribution in [3.63, 3.8) is 0 Å². The van der Waals surface area contributed by atoms with E-state index in [1.807, 2.05) is 0 Å². The van der Waals surface area contributed by atoms with Crippen LogP contribution >= 0.6 is 0 Å². The van der Waals surface area contributed by atoms with E-state index < -0.39 is 5.97 Å². The maximum atomic E-state index is 12.4. The van der Waals surface area contributed by atoms with Crippen LogP contribution in [0.15, 0.2) is 24.5 Å². The number of allylic oxidation sites excluding steroid dienone is 2. The minimum atomic E-state index is -0.479. The molecule has 1 aromatic rings. The van der Waals surface area contributed by atoms with E-state index >= 15 is 0 Å². The van der Waals surface area contributed by atoms with Crippen LogP contribution in [0.1, 0.15) is 42.6 Å². The molecule has 3 aliphatic rings. The summed E-state index contributed by atoms with van der Waals surface area (Å²) in [7, 11) is 1.33. The van der Waals surface area contributed by atoms with Gasteiger partial charge in [0, 0.05) is 25.6 Å². The van der Waals surface area contributed by atoms with Crippen LogP contribution in [0.3, 0.4) is 0 Å². The van der Waals surface area contributed by atoms with Gasteiger partial charge in [0.2, 0.25) is 5.91 Å². The molecule has 7 nitrogen and oxygen atoms in total. The standard InChI is InChI=1S/C20H26N4O3/c1-27-20(26)16-9-22-17(10-21-16)24-11-14-6-7-15(12-24)19(14)23-18(25)8-13-4-2-3-5-13/h2,4,9-10,13-15,19H,3,5-8,11-12H2,1H3,(H,23,25)/t13?,14-,15+,19?. The maximum absolute atomic E-state index is 12.4. The fraction of sp³-hybridized carbons (Fsp3) is 0.600. The molecule has 2 heterocycles. The zero-order chi connectivity index (χ0) is 18.8. The Morgan fingerprint density at radius 2 is 1.96 bits per heavy atom. The van der Waals surface area contributed by atoms with E-state index in [9.17, 15) is 9.59 Å². The van der Waals surface area contributed by atoms with Gasteiger partial charge in [-0.2, -0.15) is 0 Å². The number of aromatic nitrogens is 2. The van der Waals surface area contributed by atoms with Gasteiger partial charge >= 0.3 is 5.97 Å². The molecule has 7 heteroatoms. The Labute approximate surface area is 159 Å². The number of ether oxygens (including phenoxy) is 1. The Morgan fingerprint density at radius 1 is 1.19 bits per heavy atom. The summed E-state index contributed by atoms with van der Waals surface area (Å²) >= 11 is 0. The number of carbonyl (C=O) groups is 2. The smallest absolute Gasteiger partial charge is 0.358 e. The number of hydrogen-bond acceptors (Lipinski definition) is 6. The predicted molar refractivity (Wildman–Crippen MR) is 100 cm³/mol. The van der Waals surface area contributed by atoms with Gasteiger partial charge < -0.3 is 15.0 Å². The van der Waals surface area contributed by atoms with Crippen LogP contribution in [0.4, 0.5) is 5.82 Å². The van der Waals surface area contributed by atoms with Gasteiger partial charge in [0.1, 0.15) is 5.82 Å². The van der Waals surface area contributed by atoms with Crippen LogP contribution in [-0.4, -0.2) is 48.1 Å². The van der Waals surface area contributed by atoms with Gasteiger partial charge in [-0.3, -0.25) is 4.79 Å². The molecule has 1 aromatic heterocycles. The summed E-state index contributed by atoms with van der Waals surface area (Å²) < 4.78 is 4.66. The van der Waals surface area contributed by atoms with E-state index in [1.165, 1.54) is 13.3 Å². The molecule has 0 radical (unpaired) electrons. The Hall–Kier alpha value is -2.44. The van der Waals surface area contributed by atoms with Gasteiger partial charge in [0.15, 0.2) is 5.69 Å². The van der Waals surface area contributed by atoms with Crippen molar-refractivity contribution < 1.29 is 14.3 Å². The molecule has 144 valence electrons. The van der Waals surface area contributed by atoms with Crippen LogP contribution in [0.2, 0.25) is 0 Å². The quantitative estimate of drug-likeness (QED) is 0.630. The Morgan fingerprint density at radius 3 is 2.56 bits per heavy atom. The molecule has 0 aromatic carbocycles. The SMILES string of the molecule is COC(=O)c1cnc(N2C[C@H]3CC[C@@H](C2)C3NC(=O)CC2C=CCC2)cn1. The predicted octanol–water partition coefficient (Wildman–Crippen LogP) is 1.95. The van der Waals surface area contributed by atoms with E-state index in [-0.39, 0.29) is 17.6 Å². The maximum Gasteiger partial charge on any atom is 0.358 e. The number of nitrogens with one attached hydrogen (secondary N) is 1. The number of methoxy groups -OCH3 is 1. The number of rotatable bonds is 5. The zero-order valence-corrected chi connectivity index (χ0v) is 15.6. The molecule has 1 aliphatic heterocycles. The lowest BCUT2D eigenvalue weighted by Crippen LogP contribution is -2.53. The molecule has 2 fully saturated rings. The highest BCUT2D eigenvalue weighted by Crippen LogP contribution is 2.38. The number of anilines is 1. The van der Waals surface area contributed by atoms with E-state index in [4.69, 9.17) is 0 Å². The van der Waals surface area contributed by atoms with E-state index in [1.54, 1.807) is 6.20 Å². The summed E-state index contributed by atoms with van der Waals surface area (Å²) in [4.78, 5) is 34.7. The largest absolute Gasteiger partial charge is 0.464 e. The zero-order valence-electron chi connectivity index (χ0n) is 15.6. The van der Waals surface area contributed by atoms with Crippen molar-refractivity contribution in [3.05, 3.63) is 30.2 Å². The topological polar surface area (TPSA) is 84.4 Å². The Balaban J connectivity index is 1.36. The molecule has 4 atom stereocenters. The van der Waals surface area contributed by atoms with Crippen LogP contribution in [0.25, 0.3) is 0 Å². The first kappa shape index (κ1) is 17.9. The molecular weight excluding hydrogens is 344 g/mol. The highest BCUT2D eigenvalue weighted by Gasteiger charge is 2.43. The molecule has 1 N–H and O–H groups in total. The first-order chi connectivity index (χ1) is 13.1. The number of amides is 1. The van der Waals surface area contributed by atoms with Crippen molar-refractivity contribution in [2.75, 3.05) is 25.1 Å². The summed E-state index contributed by atoms with van der Waals surface area (Å²) in [6.45, 7) is 1.72. The summed E-state index contributed by atoms with van der Waals surface area (Å²) in [5, 5.41) is 3.31. The molecule has 1 saturated heterocycles. The lowest BCUT2D eigenvalue weighted by Gasteiger charge is -2.39. The summed E-state index contributed by atoms with van der Waals surface area (Å²) in [6.07, 6.45) is 12.5. The third kappa shape index (κ3) is 3.82. The fourth-order valence-corrected chi connectivity index (χ4v) is 4.69. The Bertz CT molecular complexity index is 719. The second-order valence-corrected chi connectivity index (χ2v) is 7.82. The summed E-state index contributed by atoms with van der Waals surface area (Å²) in [6, 6.07) is 0.265. The first-order valence-corrected chi connectivity index (χ1v) is 9.75. The minimum Gasteiger partial charge on any atom is -0.464 e. The molecular formula is C20H26N4O3. The van der Waals surface area contributed by atoms with E-state index in [0.717, 1.165) is 44.6 Å². The van der Waals surface area contributed by atoms with Gasteiger partial charge in [-0.1, -0.05) is 12.2 Å². The van der Waals surface area contributed by atoms with Crippen LogP contribution in [0, 0.1) is 17.8 Å². The number of esters is 1. The third-order valence-corrected chi connectivity index (χ3v) is 6.08. The number of nitrogens with zero attached hydrogens (tertiary/aromatic N) is 3. The lowest BCUT2D eigenvalue weighted by atomic mass is 9.91. The molecule has 2 aliphatic carbocycles. The van der Waals surface area contributed by atoms with Crippen molar-refractivity contribution in [1.29, 1.82) is 0 Å². The molecule has 27 heavy (non-hydrogen) atoms. The molecule has 1 amide bonds. The summed E-state index contributed by atoms with van der Waals surface area (Å²) in [5.41, 5.74) is 0.215. The van der Waals surface area contributed by atoms with Gasteiger partial charge in [-0.25, -0.2) is 14.8 Å². The van der Waals surface area contributed by atoms with Gasteiger partial charge in [-0.15, -0.1) is 0 Å². The second kappa shape index (κ2) is 7.66. The van der Waals surface area contributed by atoms with Crippen molar-refractivity contribution in [1.82, 2.24) is 15.3 Å². The van der Waals surface area contributed by atoms with Crippen molar-refractivity contribution >= 4 is 17.7 Å². The van der Waals surface area contributed by atoms with Gasteiger partial charge in [-0.05, 0) is 43.4 Å². The van der Waals surface area contributed by atoms with Crippen LogP contribution in [-0.2, 0) is 9.53 Å². The number of piperidine rings is 1. The fourth-order valence-electron chi connectivity index (χ4n) is 4.69. The van der Waals surface area contributed by atoms with Gasteiger partial charge in [0.05, 0.1) is 19.5 Å². The highest BCUT2D eigenvalue weighted by atomic mass is 16.5. The molecule has 0 spiro atoms. The number of hydrogen-bond donors (Lipinski definition) is 1.